The van der Waals surface area contributed by atoms with E-state index in [0.717, 1.165) is 16.6 Å². The van der Waals surface area contributed by atoms with Crippen LogP contribution in [0.5, 0.6) is 0 Å². The van der Waals surface area contributed by atoms with Crippen molar-refractivity contribution in [2.24, 2.45) is 0 Å². The van der Waals surface area contributed by atoms with Crippen LogP contribution in [-0.4, -0.2) is 13.4 Å². The smallest absolute Gasteiger partial charge is 0.265 e. The van der Waals surface area contributed by atoms with Crippen molar-refractivity contribution in [1.29, 1.82) is 0 Å². The van der Waals surface area contributed by atoms with Crippen molar-refractivity contribution in [2.75, 3.05) is 10.5 Å². The minimum absolute atomic E-state index is 0.0116. The maximum Gasteiger partial charge on any atom is 0.265 e. The molecule has 0 radical (unpaired) electrons. The van der Waals surface area contributed by atoms with Crippen molar-refractivity contribution in [1.82, 2.24) is 4.98 Å². The monoisotopic (exact) mass is 437 g/mol. The Morgan fingerprint density at radius 1 is 1.29 bits per heavy atom. The number of nitrogens with zero attached hydrogens (tertiary/aromatic N) is 1. The first-order chi connectivity index (χ1) is 9.70. The molecular weight excluding hydrogens is 429 g/mol. The lowest BCUT2D eigenvalue weighted by Crippen LogP contribution is -2.16. The number of pyridine rings is 1. The molecule has 5 nitrogen and oxygen atoms in total. The first-order valence-electron chi connectivity index (χ1n) is 5.60. The van der Waals surface area contributed by atoms with Gasteiger partial charge in [0.15, 0.2) is 0 Å². The van der Waals surface area contributed by atoms with Crippen LogP contribution in [-0.2, 0) is 10.0 Å². The fourth-order valence-electron chi connectivity index (χ4n) is 1.61. The molecule has 112 valence electrons. The number of rotatable bonds is 3. The van der Waals surface area contributed by atoms with Gasteiger partial charge in [0.2, 0.25) is 0 Å². The van der Waals surface area contributed by atoms with E-state index in [4.69, 9.17) is 5.73 Å². The van der Waals surface area contributed by atoms with E-state index in [-0.39, 0.29) is 20.9 Å². The maximum absolute atomic E-state index is 13.3. The quantitative estimate of drug-likeness (QED) is 0.718. The maximum atomic E-state index is 13.3. The van der Waals surface area contributed by atoms with Crippen LogP contribution >= 0.6 is 31.9 Å². The van der Waals surface area contributed by atoms with Gasteiger partial charge in [-0.15, -0.1) is 0 Å². The molecule has 9 heteroatoms. The molecule has 0 fully saturated rings. The van der Waals surface area contributed by atoms with Crippen LogP contribution < -0.4 is 10.5 Å². The first kappa shape index (κ1) is 16.2. The number of hydrogen-bond donors (Lipinski definition) is 2. The summed E-state index contributed by atoms with van der Waals surface area (Å²) in [6.45, 7) is 1.71. The van der Waals surface area contributed by atoms with Crippen LogP contribution in [0.1, 0.15) is 5.56 Å². The van der Waals surface area contributed by atoms with E-state index in [0.29, 0.717) is 5.56 Å². The van der Waals surface area contributed by atoms with Crippen LogP contribution in [0.2, 0.25) is 0 Å². The number of hydrogen-bond acceptors (Lipinski definition) is 4. The lowest BCUT2D eigenvalue weighted by molar-refractivity contribution is 0.599. The Hall–Kier alpha value is -1.19. The lowest BCUT2D eigenvalue weighted by atomic mass is 10.3. The van der Waals surface area contributed by atoms with Crippen molar-refractivity contribution >= 4 is 53.4 Å². The van der Waals surface area contributed by atoms with E-state index in [1.807, 2.05) is 0 Å². The van der Waals surface area contributed by atoms with Crippen LogP contribution in [0.4, 0.5) is 15.9 Å². The number of sulfonamides is 1. The second kappa shape index (κ2) is 5.90. The fourth-order valence-corrected chi connectivity index (χ4v) is 3.77. The van der Waals surface area contributed by atoms with E-state index in [1.165, 1.54) is 6.20 Å². The standard InChI is InChI=1S/C12H10Br2FN3O2S/c1-6-2-7(13)5-17-12(6)18-21(19,20)11-3-8(14)9(15)4-10(11)16/h2-5H,16H2,1H3,(H,17,18). The van der Waals surface area contributed by atoms with Crippen LogP contribution in [0, 0.1) is 12.7 Å². The third kappa shape index (κ3) is 3.53. The summed E-state index contributed by atoms with van der Waals surface area (Å²) in [5.74, 6) is -0.456. The molecule has 0 saturated carbocycles. The van der Waals surface area contributed by atoms with E-state index in [9.17, 15) is 12.8 Å². The Morgan fingerprint density at radius 2 is 1.95 bits per heavy atom. The van der Waals surface area contributed by atoms with Gasteiger partial charge >= 0.3 is 0 Å². The predicted octanol–water partition coefficient (Wildman–Crippen LogP) is 3.44. The number of benzene rings is 1. The van der Waals surface area contributed by atoms with Gasteiger partial charge in [-0.05, 0) is 62.5 Å². The summed E-state index contributed by atoms with van der Waals surface area (Å²) in [4.78, 5) is 3.77. The zero-order valence-corrected chi connectivity index (χ0v) is 14.7. The molecule has 1 aromatic heterocycles. The summed E-state index contributed by atoms with van der Waals surface area (Å²) in [7, 11) is -3.97. The van der Waals surface area contributed by atoms with Gasteiger partial charge in [-0.25, -0.2) is 17.8 Å². The van der Waals surface area contributed by atoms with Crippen LogP contribution in [0.25, 0.3) is 0 Å². The van der Waals surface area contributed by atoms with E-state index in [2.05, 4.69) is 41.6 Å². The molecule has 0 aliphatic rings. The number of halogens is 3. The Balaban J connectivity index is 2.46. The van der Waals surface area contributed by atoms with E-state index >= 15 is 0 Å². The Bertz CT molecular complexity index is 812. The Morgan fingerprint density at radius 3 is 2.57 bits per heavy atom. The Kier molecular flexibility index (Phi) is 4.54. The molecule has 0 spiro atoms. The van der Waals surface area contributed by atoms with Crippen molar-refractivity contribution < 1.29 is 12.8 Å². The molecule has 1 heterocycles. The molecule has 0 bridgehead atoms. The van der Waals surface area contributed by atoms with Crippen molar-refractivity contribution in [3.8, 4) is 0 Å². The van der Waals surface area contributed by atoms with Gasteiger partial charge < -0.3 is 5.73 Å². The lowest BCUT2D eigenvalue weighted by Gasteiger charge is -2.12. The molecule has 0 aliphatic heterocycles. The number of aryl methyl sites for hydroxylation is 1. The van der Waals surface area contributed by atoms with Gasteiger partial charge in [0.1, 0.15) is 16.5 Å². The molecule has 0 aliphatic carbocycles. The molecule has 2 aromatic rings. The molecule has 1 aromatic carbocycles. The largest absolute Gasteiger partial charge is 0.398 e. The average Bonchev–Trinajstić information content (AvgIpc) is 2.37. The highest BCUT2D eigenvalue weighted by Gasteiger charge is 2.21. The van der Waals surface area contributed by atoms with Crippen molar-refractivity contribution in [3.63, 3.8) is 0 Å². The van der Waals surface area contributed by atoms with Gasteiger partial charge in [0.25, 0.3) is 10.0 Å². The molecule has 21 heavy (non-hydrogen) atoms. The van der Waals surface area contributed by atoms with Crippen molar-refractivity contribution in [3.05, 3.63) is 44.7 Å². The minimum atomic E-state index is -3.97. The predicted molar refractivity (Wildman–Crippen MR) is 86.0 cm³/mol. The SMILES string of the molecule is Cc1cc(Br)cnc1NS(=O)(=O)c1cc(Br)c(F)cc1N. The molecule has 0 amide bonds. The van der Waals surface area contributed by atoms with E-state index < -0.39 is 15.8 Å². The van der Waals surface area contributed by atoms with Gasteiger partial charge in [0.05, 0.1) is 10.2 Å². The minimum Gasteiger partial charge on any atom is -0.398 e. The molecule has 3 N–H and O–H groups in total. The summed E-state index contributed by atoms with van der Waals surface area (Å²) < 4.78 is 41.1. The highest BCUT2D eigenvalue weighted by Crippen LogP contribution is 2.28. The highest BCUT2D eigenvalue weighted by molar-refractivity contribution is 9.10. The van der Waals surface area contributed by atoms with Crippen LogP contribution in [0.15, 0.2) is 38.2 Å². The third-order valence-corrected chi connectivity index (χ3v) is 5.05. The van der Waals surface area contributed by atoms with Gasteiger partial charge in [-0.1, -0.05) is 0 Å². The topological polar surface area (TPSA) is 85.1 Å². The van der Waals surface area contributed by atoms with Crippen molar-refractivity contribution in [2.45, 2.75) is 11.8 Å². The fraction of sp³-hybridized carbons (Fsp3) is 0.0833. The molecular formula is C12H10Br2FN3O2S. The highest BCUT2D eigenvalue weighted by atomic mass is 79.9. The molecule has 2 rings (SSSR count). The van der Waals surface area contributed by atoms with Gasteiger partial charge in [0, 0.05) is 10.7 Å². The van der Waals surface area contributed by atoms with E-state index in [1.54, 1.807) is 13.0 Å². The second-order valence-electron chi connectivity index (χ2n) is 4.23. The summed E-state index contributed by atoms with van der Waals surface area (Å²) in [6, 6.07) is 3.77. The van der Waals surface area contributed by atoms with Crippen LogP contribution in [0.3, 0.4) is 0 Å². The number of nitrogens with two attached hydrogens (primary N) is 1. The van der Waals surface area contributed by atoms with Gasteiger partial charge in [-0.2, -0.15) is 0 Å². The number of anilines is 2. The summed E-state index contributed by atoms with van der Waals surface area (Å²) in [6.07, 6.45) is 1.47. The summed E-state index contributed by atoms with van der Waals surface area (Å²) in [5.41, 5.74) is 6.03. The number of nitrogens with one attached hydrogen (secondary N) is 1. The summed E-state index contributed by atoms with van der Waals surface area (Å²) >= 11 is 6.18. The zero-order chi connectivity index (χ0) is 15.8. The number of aromatic nitrogens is 1. The number of nitrogen functional groups attached to an aromatic ring is 1. The normalized spacial score (nSPS) is 11.4. The zero-order valence-electron chi connectivity index (χ0n) is 10.7. The first-order valence-corrected chi connectivity index (χ1v) is 8.67. The second-order valence-corrected chi connectivity index (χ2v) is 7.65. The van der Waals surface area contributed by atoms with Gasteiger partial charge in [-0.3, -0.25) is 4.72 Å². The molecule has 0 atom stereocenters. The molecule has 0 saturated heterocycles. The summed E-state index contributed by atoms with van der Waals surface area (Å²) in [5, 5.41) is 0. The Labute approximate surface area is 138 Å². The third-order valence-electron chi connectivity index (χ3n) is 2.62. The average molecular weight is 439 g/mol. The molecule has 0 unspecified atom stereocenters.